The average Bonchev–Trinajstić information content (AvgIpc) is 2.25. The number of rotatable bonds is 5. The fourth-order valence-electron chi connectivity index (χ4n) is 1.46. The van der Waals surface area contributed by atoms with Crippen LogP contribution in [0.3, 0.4) is 0 Å². The summed E-state index contributed by atoms with van der Waals surface area (Å²) in [5.74, 6) is 1.51. The Hall–Kier alpha value is -1.02. The third-order valence-corrected chi connectivity index (χ3v) is 2.56. The summed E-state index contributed by atoms with van der Waals surface area (Å²) >= 11 is 0. The summed E-state index contributed by atoms with van der Waals surface area (Å²) in [6.45, 7) is 6.93. The molecule has 0 aromatic heterocycles. The first kappa shape index (κ1) is 12.1. The van der Waals surface area contributed by atoms with Crippen LogP contribution in [0.15, 0.2) is 24.3 Å². The monoisotopic (exact) mass is 207 g/mol. The Balaban J connectivity index is 2.77. The minimum Gasteiger partial charge on any atom is -0.492 e. The van der Waals surface area contributed by atoms with Crippen molar-refractivity contribution < 1.29 is 4.74 Å². The van der Waals surface area contributed by atoms with Crippen LogP contribution in [0, 0.1) is 0 Å². The number of hydrogen-bond acceptors (Lipinski definition) is 2. The molecule has 0 saturated carbocycles. The topological polar surface area (TPSA) is 35.2 Å². The zero-order valence-corrected chi connectivity index (χ0v) is 9.86. The van der Waals surface area contributed by atoms with E-state index in [1.54, 1.807) is 0 Å². The summed E-state index contributed by atoms with van der Waals surface area (Å²) in [7, 11) is 0. The van der Waals surface area contributed by atoms with Crippen LogP contribution in [0.4, 0.5) is 0 Å². The van der Waals surface area contributed by atoms with Gasteiger partial charge in [-0.05, 0) is 30.9 Å². The molecular weight excluding hydrogens is 186 g/mol. The summed E-state index contributed by atoms with van der Waals surface area (Å²) in [5.41, 5.74) is 6.95. The second-order valence-corrected chi connectivity index (χ2v) is 4.14. The van der Waals surface area contributed by atoms with Gasteiger partial charge in [-0.15, -0.1) is 0 Å². The molecule has 0 aliphatic rings. The normalized spacial score (nSPS) is 14.7. The van der Waals surface area contributed by atoms with Crippen LogP contribution in [-0.4, -0.2) is 12.6 Å². The van der Waals surface area contributed by atoms with Crippen LogP contribution in [-0.2, 0) is 0 Å². The lowest BCUT2D eigenvalue weighted by atomic mass is 9.98. The highest BCUT2D eigenvalue weighted by Crippen LogP contribution is 2.28. The third kappa shape index (κ3) is 3.56. The average molecular weight is 207 g/mol. The van der Waals surface area contributed by atoms with Crippen LogP contribution in [0.5, 0.6) is 5.75 Å². The smallest absolute Gasteiger partial charge is 0.122 e. The van der Waals surface area contributed by atoms with Crippen molar-refractivity contribution in [2.24, 2.45) is 5.73 Å². The lowest BCUT2D eigenvalue weighted by Crippen LogP contribution is -2.24. The molecule has 2 atom stereocenters. The molecule has 0 radical (unpaired) electrons. The second kappa shape index (κ2) is 5.76. The summed E-state index contributed by atoms with van der Waals surface area (Å²) in [5, 5.41) is 0. The molecule has 0 spiro atoms. The van der Waals surface area contributed by atoms with E-state index in [4.69, 9.17) is 10.5 Å². The zero-order chi connectivity index (χ0) is 11.3. The highest BCUT2D eigenvalue weighted by molar-refractivity contribution is 5.35. The van der Waals surface area contributed by atoms with E-state index in [9.17, 15) is 0 Å². The summed E-state index contributed by atoms with van der Waals surface area (Å²) in [6.07, 6.45) is 1.12. The Labute approximate surface area is 92.4 Å². The fraction of sp³-hybridized carbons (Fsp3) is 0.538. The van der Waals surface area contributed by atoms with Gasteiger partial charge in [0.2, 0.25) is 0 Å². The SMILES string of the molecule is CCC(C)c1ccccc1OCC(C)N. The van der Waals surface area contributed by atoms with Crippen LogP contribution in [0.25, 0.3) is 0 Å². The summed E-state index contributed by atoms with van der Waals surface area (Å²) in [6, 6.07) is 8.28. The minimum atomic E-state index is 0.0787. The predicted octanol–water partition coefficient (Wildman–Crippen LogP) is 2.93. The molecular formula is C13H21NO. The molecule has 0 heterocycles. The van der Waals surface area contributed by atoms with E-state index in [0.29, 0.717) is 12.5 Å². The zero-order valence-electron chi connectivity index (χ0n) is 9.86. The molecule has 2 nitrogen and oxygen atoms in total. The van der Waals surface area contributed by atoms with Gasteiger partial charge in [0.25, 0.3) is 0 Å². The lowest BCUT2D eigenvalue weighted by molar-refractivity contribution is 0.292. The first-order chi connectivity index (χ1) is 7.15. The van der Waals surface area contributed by atoms with Crippen molar-refractivity contribution >= 4 is 0 Å². The van der Waals surface area contributed by atoms with Crippen LogP contribution in [0.1, 0.15) is 38.7 Å². The van der Waals surface area contributed by atoms with Crippen LogP contribution >= 0.6 is 0 Å². The van der Waals surface area contributed by atoms with Crippen molar-refractivity contribution in [2.75, 3.05) is 6.61 Å². The molecule has 1 aromatic rings. The van der Waals surface area contributed by atoms with Gasteiger partial charge in [-0.3, -0.25) is 0 Å². The van der Waals surface area contributed by atoms with Gasteiger partial charge in [-0.2, -0.15) is 0 Å². The van der Waals surface area contributed by atoms with E-state index < -0.39 is 0 Å². The van der Waals surface area contributed by atoms with Gasteiger partial charge in [0.15, 0.2) is 0 Å². The first-order valence-electron chi connectivity index (χ1n) is 5.62. The van der Waals surface area contributed by atoms with Crippen LogP contribution < -0.4 is 10.5 Å². The highest BCUT2D eigenvalue weighted by atomic mass is 16.5. The molecule has 0 bridgehead atoms. The summed E-state index contributed by atoms with van der Waals surface area (Å²) in [4.78, 5) is 0. The van der Waals surface area contributed by atoms with Gasteiger partial charge in [0, 0.05) is 6.04 Å². The van der Waals surface area contributed by atoms with Gasteiger partial charge < -0.3 is 10.5 Å². The van der Waals surface area contributed by atoms with Gasteiger partial charge >= 0.3 is 0 Å². The number of para-hydroxylation sites is 1. The predicted molar refractivity (Wildman–Crippen MR) is 64.3 cm³/mol. The molecule has 15 heavy (non-hydrogen) atoms. The number of ether oxygens (including phenoxy) is 1. The Morgan fingerprint density at radius 2 is 1.93 bits per heavy atom. The highest BCUT2D eigenvalue weighted by Gasteiger charge is 2.09. The van der Waals surface area contributed by atoms with Gasteiger partial charge in [-0.25, -0.2) is 0 Å². The summed E-state index contributed by atoms with van der Waals surface area (Å²) < 4.78 is 5.70. The third-order valence-electron chi connectivity index (χ3n) is 2.56. The van der Waals surface area contributed by atoms with Crippen molar-refractivity contribution in [3.05, 3.63) is 29.8 Å². The standard InChI is InChI=1S/C13H21NO/c1-4-10(2)12-7-5-6-8-13(12)15-9-11(3)14/h5-8,10-11H,4,9,14H2,1-3H3. The molecule has 2 unspecified atom stereocenters. The van der Waals surface area contributed by atoms with E-state index in [-0.39, 0.29) is 6.04 Å². The minimum absolute atomic E-state index is 0.0787. The second-order valence-electron chi connectivity index (χ2n) is 4.14. The van der Waals surface area contributed by atoms with E-state index in [1.807, 2.05) is 19.1 Å². The van der Waals surface area contributed by atoms with Crippen molar-refractivity contribution in [2.45, 2.75) is 39.2 Å². The molecule has 2 heteroatoms. The molecule has 0 saturated heterocycles. The molecule has 2 N–H and O–H groups in total. The van der Waals surface area contributed by atoms with Crippen molar-refractivity contribution in [1.29, 1.82) is 0 Å². The van der Waals surface area contributed by atoms with Crippen molar-refractivity contribution in [3.8, 4) is 5.75 Å². The van der Waals surface area contributed by atoms with Crippen molar-refractivity contribution in [1.82, 2.24) is 0 Å². The molecule has 0 fully saturated rings. The first-order valence-corrected chi connectivity index (χ1v) is 5.62. The number of nitrogens with two attached hydrogens (primary N) is 1. The van der Waals surface area contributed by atoms with Gasteiger partial charge in [0.05, 0.1) is 0 Å². The Kier molecular flexibility index (Phi) is 4.63. The van der Waals surface area contributed by atoms with Crippen LogP contribution in [0.2, 0.25) is 0 Å². The Bertz CT molecular complexity index is 296. The molecule has 0 aliphatic carbocycles. The quantitative estimate of drug-likeness (QED) is 0.805. The lowest BCUT2D eigenvalue weighted by Gasteiger charge is -2.16. The van der Waals surface area contributed by atoms with Gasteiger partial charge in [0.1, 0.15) is 12.4 Å². The number of benzene rings is 1. The molecule has 1 aromatic carbocycles. The maximum Gasteiger partial charge on any atom is 0.122 e. The van der Waals surface area contributed by atoms with E-state index in [2.05, 4.69) is 26.0 Å². The maximum absolute atomic E-state index is 5.70. The largest absolute Gasteiger partial charge is 0.492 e. The van der Waals surface area contributed by atoms with E-state index in [1.165, 1.54) is 5.56 Å². The maximum atomic E-state index is 5.70. The van der Waals surface area contributed by atoms with Crippen molar-refractivity contribution in [3.63, 3.8) is 0 Å². The van der Waals surface area contributed by atoms with E-state index in [0.717, 1.165) is 12.2 Å². The van der Waals surface area contributed by atoms with Gasteiger partial charge in [-0.1, -0.05) is 32.0 Å². The molecule has 0 amide bonds. The Morgan fingerprint density at radius 3 is 2.53 bits per heavy atom. The molecule has 0 aliphatic heterocycles. The fourth-order valence-corrected chi connectivity index (χ4v) is 1.46. The molecule has 1 rings (SSSR count). The Morgan fingerprint density at radius 1 is 1.27 bits per heavy atom. The van der Waals surface area contributed by atoms with E-state index >= 15 is 0 Å². The molecule has 84 valence electrons. The number of hydrogen-bond donors (Lipinski definition) is 1.